The summed E-state index contributed by atoms with van der Waals surface area (Å²) >= 11 is 0. The predicted octanol–water partition coefficient (Wildman–Crippen LogP) is 0.479. The molecule has 0 radical (unpaired) electrons. The van der Waals surface area contributed by atoms with Gasteiger partial charge in [-0.25, -0.2) is 0 Å². The Morgan fingerprint density at radius 1 is 1.69 bits per heavy atom. The number of aromatic nitrogens is 2. The van der Waals surface area contributed by atoms with E-state index < -0.39 is 0 Å². The number of H-pyrrole nitrogens is 1. The average molecular weight is 179 g/mol. The van der Waals surface area contributed by atoms with E-state index in [4.69, 9.17) is 10.5 Å². The number of Topliss-reactive ketones (excluding diaryl/α,β-unsaturated/α-hetero) is 1. The van der Waals surface area contributed by atoms with Crippen molar-refractivity contribution in [3.05, 3.63) is 23.6 Å². The summed E-state index contributed by atoms with van der Waals surface area (Å²) in [6.07, 6.45) is 3.94. The van der Waals surface area contributed by atoms with Crippen molar-refractivity contribution in [3.8, 4) is 0 Å². The number of nitrogens with two attached hydrogens (primary N) is 1. The van der Waals surface area contributed by atoms with Crippen LogP contribution in [0.1, 0.15) is 16.8 Å². The highest BCUT2D eigenvalue weighted by Crippen LogP contribution is 2.17. The molecule has 1 aliphatic heterocycles. The molecule has 13 heavy (non-hydrogen) atoms. The number of carbonyl (C=O) groups excluding carboxylic acids is 1. The fourth-order valence-electron chi connectivity index (χ4n) is 1.19. The molecule has 3 N–H and O–H groups in total. The van der Waals surface area contributed by atoms with Crippen molar-refractivity contribution in [1.82, 2.24) is 10.2 Å². The van der Waals surface area contributed by atoms with Gasteiger partial charge in [0.2, 0.25) is 5.78 Å². The SMILES string of the molecule is Nc1[nH]ncc1C(=O)C1=CCCO1. The molecule has 2 heterocycles. The summed E-state index contributed by atoms with van der Waals surface area (Å²) in [6, 6.07) is 0. The maximum atomic E-state index is 11.6. The number of nitrogens with zero attached hydrogens (tertiary/aromatic N) is 1. The Bertz CT molecular complexity index is 367. The summed E-state index contributed by atoms with van der Waals surface area (Å²) in [7, 11) is 0. The zero-order valence-electron chi connectivity index (χ0n) is 6.91. The van der Waals surface area contributed by atoms with E-state index in [1.54, 1.807) is 6.08 Å². The van der Waals surface area contributed by atoms with Gasteiger partial charge in [0, 0.05) is 6.42 Å². The second-order valence-corrected chi connectivity index (χ2v) is 2.73. The predicted molar refractivity (Wildman–Crippen MR) is 46.0 cm³/mol. The smallest absolute Gasteiger partial charge is 0.232 e. The van der Waals surface area contributed by atoms with Gasteiger partial charge in [-0.2, -0.15) is 5.10 Å². The lowest BCUT2D eigenvalue weighted by Gasteiger charge is -2.00. The molecular weight excluding hydrogens is 170 g/mol. The Morgan fingerprint density at radius 3 is 3.08 bits per heavy atom. The molecule has 5 nitrogen and oxygen atoms in total. The van der Waals surface area contributed by atoms with Gasteiger partial charge in [-0.05, 0) is 6.08 Å². The molecule has 1 aromatic heterocycles. The maximum absolute atomic E-state index is 11.6. The molecule has 68 valence electrons. The molecule has 2 rings (SSSR count). The third kappa shape index (κ3) is 1.28. The molecule has 0 saturated carbocycles. The van der Waals surface area contributed by atoms with E-state index in [1.165, 1.54) is 6.20 Å². The van der Waals surface area contributed by atoms with Crippen molar-refractivity contribution in [2.45, 2.75) is 6.42 Å². The van der Waals surface area contributed by atoms with Crippen molar-refractivity contribution in [1.29, 1.82) is 0 Å². The van der Waals surface area contributed by atoms with Crippen molar-refractivity contribution in [3.63, 3.8) is 0 Å². The first-order valence-corrected chi connectivity index (χ1v) is 3.95. The van der Waals surface area contributed by atoms with Gasteiger partial charge in [0.15, 0.2) is 5.76 Å². The van der Waals surface area contributed by atoms with Crippen LogP contribution in [0.2, 0.25) is 0 Å². The Morgan fingerprint density at radius 2 is 2.54 bits per heavy atom. The van der Waals surface area contributed by atoms with Crippen LogP contribution >= 0.6 is 0 Å². The molecule has 0 fully saturated rings. The minimum atomic E-state index is -0.205. The van der Waals surface area contributed by atoms with Crippen LogP contribution in [0.25, 0.3) is 0 Å². The number of aromatic amines is 1. The molecule has 5 heteroatoms. The van der Waals surface area contributed by atoms with Gasteiger partial charge in [0.25, 0.3) is 0 Å². The molecule has 0 saturated heterocycles. The molecule has 0 aromatic carbocycles. The van der Waals surface area contributed by atoms with Crippen LogP contribution in [0.3, 0.4) is 0 Å². The van der Waals surface area contributed by atoms with Crippen molar-refractivity contribution in [2.24, 2.45) is 0 Å². The van der Waals surface area contributed by atoms with Gasteiger partial charge in [-0.3, -0.25) is 9.89 Å². The van der Waals surface area contributed by atoms with E-state index in [0.29, 0.717) is 17.9 Å². The van der Waals surface area contributed by atoms with Gasteiger partial charge < -0.3 is 10.5 Å². The molecular formula is C8H9N3O2. The number of ether oxygens (including phenoxy) is 1. The summed E-state index contributed by atoms with van der Waals surface area (Å²) in [5, 5.41) is 6.16. The topological polar surface area (TPSA) is 81.0 Å². The van der Waals surface area contributed by atoms with Gasteiger partial charge >= 0.3 is 0 Å². The van der Waals surface area contributed by atoms with Crippen molar-refractivity contribution in [2.75, 3.05) is 12.3 Å². The molecule has 1 aliphatic rings. The number of hydrogen-bond donors (Lipinski definition) is 2. The van der Waals surface area contributed by atoms with E-state index in [0.717, 1.165) is 6.42 Å². The Hall–Kier alpha value is -1.78. The van der Waals surface area contributed by atoms with Crippen LogP contribution in [0.4, 0.5) is 5.82 Å². The molecule has 0 aliphatic carbocycles. The lowest BCUT2D eigenvalue weighted by atomic mass is 10.2. The number of nitrogens with one attached hydrogen (secondary N) is 1. The number of rotatable bonds is 2. The number of carbonyl (C=O) groups is 1. The summed E-state index contributed by atoms with van der Waals surface area (Å²) in [6.45, 7) is 0.568. The van der Waals surface area contributed by atoms with Crippen molar-refractivity contribution < 1.29 is 9.53 Å². The minimum Gasteiger partial charge on any atom is -0.489 e. The van der Waals surface area contributed by atoms with Gasteiger partial charge in [0.05, 0.1) is 18.4 Å². The molecule has 0 unspecified atom stereocenters. The molecule has 0 spiro atoms. The zero-order chi connectivity index (χ0) is 9.26. The first-order chi connectivity index (χ1) is 6.29. The highest BCUT2D eigenvalue weighted by atomic mass is 16.5. The van der Waals surface area contributed by atoms with E-state index in [2.05, 4.69) is 10.2 Å². The lowest BCUT2D eigenvalue weighted by molar-refractivity contribution is 0.0943. The minimum absolute atomic E-state index is 0.205. The second kappa shape index (κ2) is 2.93. The maximum Gasteiger partial charge on any atom is 0.232 e. The van der Waals surface area contributed by atoms with Crippen LogP contribution < -0.4 is 5.73 Å². The summed E-state index contributed by atoms with van der Waals surface area (Å²) in [4.78, 5) is 11.6. The van der Waals surface area contributed by atoms with Crippen LogP contribution in [-0.4, -0.2) is 22.6 Å². The third-order valence-corrected chi connectivity index (χ3v) is 1.84. The van der Waals surface area contributed by atoms with Crippen LogP contribution in [0, 0.1) is 0 Å². The van der Waals surface area contributed by atoms with Crippen LogP contribution in [0.15, 0.2) is 18.0 Å². The van der Waals surface area contributed by atoms with Crippen molar-refractivity contribution >= 4 is 11.6 Å². The number of hydrogen-bond acceptors (Lipinski definition) is 4. The second-order valence-electron chi connectivity index (χ2n) is 2.73. The largest absolute Gasteiger partial charge is 0.489 e. The van der Waals surface area contributed by atoms with E-state index in [1.807, 2.05) is 0 Å². The Balaban J connectivity index is 2.27. The molecule has 0 atom stereocenters. The number of allylic oxidation sites excluding steroid dienone is 1. The third-order valence-electron chi connectivity index (χ3n) is 1.84. The first kappa shape index (κ1) is 7.85. The lowest BCUT2D eigenvalue weighted by Crippen LogP contribution is -2.05. The number of anilines is 1. The van der Waals surface area contributed by atoms with E-state index in [9.17, 15) is 4.79 Å². The monoisotopic (exact) mass is 179 g/mol. The van der Waals surface area contributed by atoms with Gasteiger partial charge in [-0.15, -0.1) is 0 Å². The average Bonchev–Trinajstić information content (AvgIpc) is 2.72. The number of ketones is 1. The molecule has 0 bridgehead atoms. The summed E-state index contributed by atoms with van der Waals surface area (Å²) < 4.78 is 5.11. The normalized spacial score (nSPS) is 15.2. The summed E-state index contributed by atoms with van der Waals surface area (Å²) in [5.74, 6) is 0.443. The first-order valence-electron chi connectivity index (χ1n) is 3.95. The Kier molecular flexibility index (Phi) is 1.77. The van der Waals surface area contributed by atoms with Gasteiger partial charge in [0.1, 0.15) is 5.82 Å². The molecule has 1 aromatic rings. The zero-order valence-corrected chi connectivity index (χ0v) is 6.91. The van der Waals surface area contributed by atoms with Crippen LogP contribution in [-0.2, 0) is 4.74 Å². The quantitative estimate of drug-likeness (QED) is 0.647. The molecule has 0 amide bonds. The standard InChI is InChI=1S/C8H9N3O2/c9-8-5(4-10-11-8)7(12)6-2-1-3-13-6/h2,4H,1,3H2,(H3,9,10,11). The highest BCUT2D eigenvalue weighted by Gasteiger charge is 2.20. The fraction of sp³-hybridized carbons (Fsp3) is 0.250. The van der Waals surface area contributed by atoms with Crippen LogP contribution in [0.5, 0.6) is 0 Å². The van der Waals surface area contributed by atoms with E-state index in [-0.39, 0.29) is 11.6 Å². The summed E-state index contributed by atoms with van der Waals surface area (Å²) in [5.41, 5.74) is 5.86. The van der Waals surface area contributed by atoms with Gasteiger partial charge in [-0.1, -0.05) is 0 Å². The van der Waals surface area contributed by atoms with E-state index >= 15 is 0 Å². The number of nitrogen functional groups attached to an aromatic ring is 1. The fourth-order valence-corrected chi connectivity index (χ4v) is 1.19. The Labute approximate surface area is 74.6 Å². The highest BCUT2D eigenvalue weighted by molar-refractivity contribution is 6.10.